The number of aryl methyl sites for hydroxylation is 1. The first-order valence-electron chi connectivity index (χ1n) is 11.7. The third kappa shape index (κ3) is 4.02. The largest absolute Gasteiger partial charge is 0.393 e. The molecule has 0 amide bonds. The molecule has 0 radical (unpaired) electrons. The van der Waals surface area contributed by atoms with E-state index >= 15 is 0 Å². The first-order chi connectivity index (χ1) is 15.7. The van der Waals surface area contributed by atoms with Crippen LogP contribution in [-0.4, -0.2) is 62.1 Å². The summed E-state index contributed by atoms with van der Waals surface area (Å²) in [5.74, 6) is 1.53. The van der Waals surface area contributed by atoms with Crippen molar-refractivity contribution in [3.05, 3.63) is 24.3 Å². The molecule has 1 aliphatic carbocycles. The molecule has 5 rings (SSSR count). The minimum Gasteiger partial charge on any atom is -0.393 e. The first kappa shape index (κ1) is 21.1. The highest BCUT2D eigenvalue weighted by molar-refractivity contribution is 5.97. The molecule has 1 saturated carbocycles. The van der Waals surface area contributed by atoms with Gasteiger partial charge < -0.3 is 21.1 Å². The Labute approximate surface area is 188 Å². The molecule has 3 aromatic heterocycles. The Morgan fingerprint density at radius 2 is 1.94 bits per heavy atom. The fraction of sp³-hybridized carbons (Fsp3) is 0.565. The number of aliphatic hydroxyl groups excluding tert-OH is 1. The van der Waals surface area contributed by atoms with Gasteiger partial charge in [-0.1, -0.05) is 6.92 Å². The van der Waals surface area contributed by atoms with Crippen LogP contribution >= 0.6 is 0 Å². The molecule has 170 valence electrons. The Bertz CT molecular complexity index is 1090. The van der Waals surface area contributed by atoms with Gasteiger partial charge in [0.25, 0.3) is 0 Å². The number of anilines is 2. The molecular weight excluding hydrogens is 404 g/mol. The standard InChI is InChI=1S/C23H32N8O/c1-3-19-22(28-15-4-5-17(32)10-15)30-20-18(12-26-23(24-2)21(20)29-19)14-11-27-31(13-14)16-6-8-25-9-7-16/h11-13,15-17,25,32H,3-10H2,1-2H3,(H,24,26)(H,28,30)/t15-,17+/m1/s1. The number of hydrogen-bond acceptors (Lipinski definition) is 8. The average molecular weight is 437 g/mol. The number of fused-ring (bicyclic) bond motifs is 1. The van der Waals surface area contributed by atoms with Crippen molar-refractivity contribution in [3.63, 3.8) is 0 Å². The number of piperidine rings is 1. The fourth-order valence-electron chi connectivity index (χ4n) is 4.86. The second kappa shape index (κ2) is 8.99. The van der Waals surface area contributed by atoms with Gasteiger partial charge in [-0.25, -0.2) is 15.0 Å². The van der Waals surface area contributed by atoms with E-state index in [9.17, 15) is 5.11 Å². The third-order valence-electron chi connectivity index (χ3n) is 6.68. The van der Waals surface area contributed by atoms with Crippen LogP contribution in [0.3, 0.4) is 0 Å². The topological polar surface area (TPSA) is 113 Å². The summed E-state index contributed by atoms with van der Waals surface area (Å²) >= 11 is 0. The summed E-state index contributed by atoms with van der Waals surface area (Å²) in [4.78, 5) is 14.6. The van der Waals surface area contributed by atoms with Crippen molar-refractivity contribution in [1.29, 1.82) is 0 Å². The number of nitrogens with zero attached hydrogens (tertiary/aromatic N) is 5. The SMILES string of the molecule is CCc1nc2c(NC)ncc(-c3cnn(C4CCNCC4)c3)c2nc1N[C@@H]1CC[C@H](O)C1. The van der Waals surface area contributed by atoms with Gasteiger partial charge in [-0.15, -0.1) is 0 Å². The smallest absolute Gasteiger partial charge is 0.153 e. The number of hydrogen-bond donors (Lipinski definition) is 4. The molecule has 1 aliphatic heterocycles. The summed E-state index contributed by atoms with van der Waals surface area (Å²) in [5.41, 5.74) is 4.44. The Hall–Kier alpha value is -2.78. The summed E-state index contributed by atoms with van der Waals surface area (Å²) in [6.45, 7) is 4.14. The van der Waals surface area contributed by atoms with Gasteiger partial charge in [-0.3, -0.25) is 4.68 Å². The van der Waals surface area contributed by atoms with Gasteiger partial charge in [-0.05, 0) is 51.6 Å². The molecule has 0 bridgehead atoms. The highest BCUT2D eigenvalue weighted by Crippen LogP contribution is 2.33. The molecule has 3 aromatic rings. The highest BCUT2D eigenvalue weighted by atomic mass is 16.3. The van der Waals surface area contributed by atoms with Crippen LogP contribution in [0.2, 0.25) is 0 Å². The molecule has 2 atom stereocenters. The maximum Gasteiger partial charge on any atom is 0.153 e. The summed E-state index contributed by atoms with van der Waals surface area (Å²) in [6.07, 6.45) is 11.1. The van der Waals surface area contributed by atoms with Gasteiger partial charge >= 0.3 is 0 Å². The molecule has 1 saturated heterocycles. The predicted molar refractivity (Wildman–Crippen MR) is 126 cm³/mol. The average Bonchev–Trinajstić information content (AvgIpc) is 3.47. The lowest BCUT2D eigenvalue weighted by Gasteiger charge is -2.22. The highest BCUT2D eigenvalue weighted by Gasteiger charge is 2.25. The predicted octanol–water partition coefficient (Wildman–Crippen LogP) is 2.74. The molecular formula is C23H32N8O. The van der Waals surface area contributed by atoms with Crippen molar-refractivity contribution < 1.29 is 5.11 Å². The summed E-state index contributed by atoms with van der Waals surface area (Å²) in [7, 11) is 1.86. The van der Waals surface area contributed by atoms with Crippen molar-refractivity contribution >= 4 is 22.7 Å². The van der Waals surface area contributed by atoms with Crippen LogP contribution in [0.25, 0.3) is 22.2 Å². The zero-order chi connectivity index (χ0) is 22.1. The second-order valence-corrected chi connectivity index (χ2v) is 8.84. The number of rotatable bonds is 6. The summed E-state index contributed by atoms with van der Waals surface area (Å²) < 4.78 is 2.08. The van der Waals surface area contributed by atoms with Crippen LogP contribution in [0.5, 0.6) is 0 Å². The van der Waals surface area contributed by atoms with E-state index in [-0.39, 0.29) is 12.1 Å². The van der Waals surface area contributed by atoms with Gasteiger partial charge in [0.1, 0.15) is 16.9 Å². The molecule has 4 N–H and O–H groups in total. The third-order valence-corrected chi connectivity index (χ3v) is 6.68. The Kier molecular flexibility index (Phi) is 5.93. The Balaban J connectivity index is 1.56. The maximum absolute atomic E-state index is 9.94. The van der Waals surface area contributed by atoms with Gasteiger partial charge in [-0.2, -0.15) is 5.10 Å². The van der Waals surface area contributed by atoms with Gasteiger partial charge in [0, 0.05) is 36.6 Å². The van der Waals surface area contributed by atoms with E-state index in [4.69, 9.17) is 9.97 Å². The first-order valence-corrected chi connectivity index (χ1v) is 11.7. The number of nitrogens with one attached hydrogen (secondary N) is 3. The van der Waals surface area contributed by atoms with E-state index in [0.29, 0.717) is 6.04 Å². The number of aromatic nitrogens is 5. The molecule has 0 spiro atoms. The van der Waals surface area contributed by atoms with E-state index in [0.717, 1.165) is 91.1 Å². The van der Waals surface area contributed by atoms with Crippen molar-refractivity contribution in [3.8, 4) is 11.1 Å². The second-order valence-electron chi connectivity index (χ2n) is 8.84. The minimum absolute atomic E-state index is 0.221. The van der Waals surface area contributed by atoms with Crippen molar-refractivity contribution in [2.75, 3.05) is 30.8 Å². The van der Waals surface area contributed by atoms with Crippen LogP contribution < -0.4 is 16.0 Å². The maximum atomic E-state index is 9.94. The minimum atomic E-state index is -0.234. The van der Waals surface area contributed by atoms with E-state index < -0.39 is 0 Å². The lowest BCUT2D eigenvalue weighted by molar-refractivity contribution is 0.182. The van der Waals surface area contributed by atoms with Gasteiger partial charge in [0.2, 0.25) is 0 Å². The van der Waals surface area contributed by atoms with Crippen molar-refractivity contribution in [1.82, 2.24) is 30.0 Å². The molecule has 0 aromatic carbocycles. The Morgan fingerprint density at radius 3 is 2.66 bits per heavy atom. The van der Waals surface area contributed by atoms with Crippen LogP contribution in [0.15, 0.2) is 18.6 Å². The van der Waals surface area contributed by atoms with E-state index in [1.807, 2.05) is 19.4 Å². The zero-order valence-electron chi connectivity index (χ0n) is 18.8. The molecule has 0 unspecified atom stereocenters. The molecule has 4 heterocycles. The van der Waals surface area contributed by atoms with E-state index in [2.05, 4.69) is 43.8 Å². The molecule has 9 heteroatoms. The van der Waals surface area contributed by atoms with Crippen LogP contribution in [0, 0.1) is 0 Å². The van der Waals surface area contributed by atoms with Crippen LogP contribution in [-0.2, 0) is 6.42 Å². The monoisotopic (exact) mass is 436 g/mol. The van der Waals surface area contributed by atoms with E-state index in [1.54, 1.807) is 0 Å². The van der Waals surface area contributed by atoms with Gasteiger partial charge in [0.05, 0.1) is 24.0 Å². The lowest BCUT2D eigenvalue weighted by atomic mass is 10.1. The molecule has 9 nitrogen and oxygen atoms in total. The molecule has 2 fully saturated rings. The van der Waals surface area contributed by atoms with Crippen LogP contribution in [0.4, 0.5) is 11.6 Å². The zero-order valence-corrected chi connectivity index (χ0v) is 18.8. The van der Waals surface area contributed by atoms with Crippen molar-refractivity contribution in [2.24, 2.45) is 0 Å². The molecule has 32 heavy (non-hydrogen) atoms. The van der Waals surface area contributed by atoms with Crippen molar-refractivity contribution in [2.45, 2.75) is 63.6 Å². The quantitative estimate of drug-likeness (QED) is 0.467. The Morgan fingerprint density at radius 1 is 1.09 bits per heavy atom. The molecule has 2 aliphatic rings. The normalized spacial score (nSPS) is 21.8. The van der Waals surface area contributed by atoms with Gasteiger partial charge in [0.15, 0.2) is 5.82 Å². The summed E-state index contributed by atoms with van der Waals surface area (Å²) in [6, 6.07) is 0.642. The number of aliphatic hydroxyl groups is 1. The fourth-order valence-corrected chi connectivity index (χ4v) is 4.86. The number of pyridine rings is 1. The van der Waals surface area contributed by atoms with E-state index in [1.165, 1.54) is 0 Å². The summed E-state index contributed by atoms with van der Waals surface area (Å²) in [5, 5.41) is 24.7. The lowest BCUT2D eigenvalue weighted by Crippen LogP contribution is -2.29. The van der Waals surface area contributed by atoms with Crippen LogP contribution in [0.1, 0.15) is 50.8 Å².